The van der Waals surface area contributed by atoms with Crippen LogP contribution in [0.3, 0.4) is 0 Å². The Balaban J connectivity index is 1.54. The Hall–Kier alpha value is -0.590. The van der Waals surface area contributed by atoms with Gasteiger partial charge < -0.3 is 0 Å². The average molecular weight is 371 g/mol. The van der Waals surface area contributed by atoms with Crippen molar-refractivity contribution in [2.24, 2.45) is 46.3 Å². The summed E-state index contributed by atoms with van der Waals surface area (Å²) < 4.78 is 0. The molecule has 0 bridgehead atoms. The van der Waals surface area contributed by atoms with Crippen molar-refractivity contribution in [1.29, 1.82) is 0 Å². The van der Waals surface area contributed by atoms with E-state index in [0.717, 1.165) is 54.8 Å². The molecule has 0 aromatic heterocycles. The summed E-state index contributed by atoms with van der Waals surface area (Å²) in [5.41, 5.74) is 2.42. The number of rotatable bonds is 4. The Bertz CT molecular complexity index is 616. The van der Waals surface area contributed by atoms with Crippen LogP contribution in [0.2, 0.25) is 0 Å². The van der Waals surface area contributed by atoms with Crippen molar-refractivity contribution in [3.8, 4) is 0 Å². The molecular weight excluding hydrogens is 328 g/mol. The van der Waals surface area contributed by atoms with Gasteiger partial charge in [-0.25, -0.2) is 0 Å². The molecular formula is C26H42O. The fourth-order valence-electron chi connectivity index (χ4n) is 8.25. The molecule has 1 heteroatoms. The van der Waals surface area contributed by atoms with Crippen LogP contribution in [0.4, 0.5) is 0 Å². The molecule has 27 heavy (non-hydrogen) atoms. The van der Waals surface area contributed by atoms with Crippen LogP contribution in [0.1, 0.15) is 98.8 Å². The number of carbonyl (C=O) groups excluding carboxylic acids is 1. The van der Waals surface area contributed by atoms with Crippen molar-refractivity contribution in [3.05, 3.63) is 11.6 Å². The molecule has 0 aromatic carbocycles. The van der Waals surface area contributed by atoms with Gasteiger partial charge in [-0.1, -0.05) is 59.1 Å². The van der Waals surface area contributed by atoms with Crippen LogP contribution in [-0.2, 0) is 4.79 Å². The number of allylic oxidation sites excluding steroid dienone is 2. The highest BCUT2D eigenvalue weighted by molar-refractivity contribution is 5.82. The molecule has 0 N–H and O–H groups in total. The monoisotopic (exact) mass is 370 g/mol. The minimum Gasteiger partial charge on any atom is -0.299 e. The molecule has 0 aromatic rings. The van der Waals surface area contributed by atoms with Gasteiger partial charge in [-0.15, -0.1) is 0 Å². The molecule has 0 saturated heterocycles. The summed E-state index contributed by atoms with van der Waals surface area (Å²) in [5, 5.41) is 0. The topological polar surface area (TPSA) is 17.1 Å². The van der Waals surface area contributed by atoms with Gasteiger partial charge in [-0.2, -0.15) is 0 Å². The molecule has 0 aliphatic heterocycles. The summed E-state index contributed by atoms with van der Waals surface area (Å²) in [5.74, 6) is 5.79. The van der Waals surface area contributed by atoms with Crippen molar-refractivity contribution in [2.75, 3.05) is 0 Å². The molecule has 1 unspecified atom stereocenters. The third-order valence-electron chi connectivity index (χ3n) is 9.90. The number of hydrogen-bond donors (Lipinski definition) is 0. The van der Waals surface area contributed by atoms with Gasteiger partial charge in [0.1, 0.15) is 5.78 Å². The lowest BCUT2D eigenvalue weighted by atomic mass is 9.47. The highest BCUT2D eigenvalue weighted by atomic mass is 16.1. The minimum atomic E-state index is 0.333. The van der Waals surface area contributed by atoms with Gasteiger partial charge in [0.25, 0.3) is 0 Å². The first-order valence-corrected chi connectivity index (χ1v) is 12.0. The molecule has 4 rings (SSSR count). The summed E-state index contributed by atoms with van der Waals surface area (Å²) in [4.78, 5) is 12.0. The molecule has 1 nitrogen and oxygen atoms in total. The zero-order valence-electron chi connectivity index (χ0n) is 18.5. The molecule has 0 heterocycles. The number of Topliss-reactive ketones (excluding diaryl/α,β-unsaturated/α-hetero) is 1. The first kappa shape index (κ1) is 19.7. The van der Waals surface area contributed by atoms with E-state index in [1.54, 1.807) is 0 Å². The number of carbonyl (C=O) groups is 1. The molecule has 0 amide bonds. The minimum absolute atomic E-state index is 0.333. The Kier molecular flexibility index (Phi) is 5.13. The summed E-state index contributed by atoms with van der Waals surface area (Å²) in [6.07, 6.45) is 15.1. The molecule has 4 aliphatic carbocycles. The second kappa shape index (κ2) is 7.03. The molecule has 7 atom stereocenters. The standard InChI is InChI=1S/C26H42O/c1-17(2)6-7-18(3)22-10-11-23-21-9-8-19-16-20(27)12-14-25(19,4)24(21)13-15-26(22,23)5/h8,17-18,21-24H,6-7,9-16H2,1-5H3/t18-,21?,22-,23+,24+,25+,26-/m1/s1. The predicted octanol–water partition coefficient (Wildman–Crippen LogP) is 7.21. The number of hydrogen-bond acceptors (Lipinski definition) is 1. The maximum absolute atomic E-state index is 12.0. The summed E-state index contributed by atoms with van der Waals surface area (Å²) in [6, 6.07) is 0. The van der Waals surface area contributed by atoms with Gasteiger partial charge in [0.15, 0.2) is 0 Å². The summed E-state index contributed by atoms with van der Waals surface area (Å²) in [7, 11) is 0. The highest BCUT2D eigenvalue weighted by Gasteiger charge is 2.59. The zero-order valence-corrected chi connectivity index (χ0v) is 18.5. The van der Waals surface area contributed by atoms with E-state index in [2.05, 4.69) is 40.7 Å². The fourth-order valence-corrected chi connectivity index (χ4v) is 8.25. The zero-order chi connectivity index (χ0) is 19.4. The van der Waals surface area contributed by atoms with Crippen LogP contribution in [0, 0.1) is 46.3 Å². The van der Waals surface area contributed by atoms with E-state index in [1.165, 1.54) is 50.5 Å². The van der Waals surface area contributed by atoms with Crippen LogP contribution in [-0.4, -0.2) is 5.78 Å². The Morgan fingerprint density at radius 3 is 2.56 bits per heavy atom. The van der Waals surface area contributed by atoms with Crippen LogP contribution in [0.15, 0.2) is 11.6 Å². The lowest BCUT2D eigenvalue weighted by Gasteiger charge is -2.58. The van der Waals surface area contributed by atoms with Crippen molar-refractivity contribution in [3.63, 3.8) is 0 Å². The van der Waals surface area contributed by atoms with Gasteiger partial charge in [0.05, 0.1) is 0 Å². The van der Waals surface area contributed by atoms with Crippen molar-refractivity contribution >= 4 is 5.78 Å². The molecule has 0 spiro atoms. The molecule has 0 radical (unpaired) electrons. The lowest BCUT2D eigenvalue weighted by molar-refractivity contribution is -0.122. The number of ketones is 1. The maximum atomic E-state index is 12.0. The van der Waals surface area contributed by atoms with E-state index in [-0.39, 0.29) is 0 Å². The van der Waals surface area contributed by atoms with E-state index >= 15 is 0 Å². The van der Waals surface area contributed by atoms with E-state index < -0.39 is 0 Å². The Morgan fingerprint density at radius 1 is 1.04 bits per heavy atom. The highest BCUT2D eigenvalue weighted by Crippen LogP contribution is 2.67. The van der Waals surface area contributed by atoms with Gasteiger partial charge in [0, 0.05) is 12.8 Å². The molecule has 3 saturated carbocycles. The third-order valence-corrected chi connectivity index (χ3v) is 9.90. The first-order chi connectivity index (χ1) is 12.8. The van der Waals surface area contributed by atoms with Crippen LogP contribution in [0.5, 0.6) is 0 Å². The van der Waals surface area contributed by atoms with E-state index in [1.807, 2.05) is 0 Å². The van der Waals surface area contributed by atoms with Crippen molar-refractivity contribution in [1.82, 2.24) is 0 Å². The number of fused-ring (bicyclic) bond motifs is 5. The fraction of sp³-hybridized carbons (Fsp3) is 0.885. The summed E-state index contributed by atoms with van der Waals surface area (Å²) in [6.45, 7) is 12.5. The van der Waals surface area contributed by atoms with Gasteiger partial charge in [-0.3, -0.25) is 4.79 Å². The molecule has 4 aliphatic rings. The summed E-state index contributed by atoms with van der Waals surface area (Å²) >= 11 is 0. The predicted molar refractivity (Wildman–Crippen MR) is 113 cm³/mol. The average Bonchev–Trinajstić information content (AvgIpc) is 2.97. The van der Waals surface area contributed by atoms with Crippen molar-refractivity contribution < 1.29 is 4.79 Å². The van der Waals surface area contributed by atoms with Crippen molar-refractivity contribution in [2.45, 2.75) is 98.8 Å². The SMILES string of the molecule is CC(C)CC[C@@H](C)[C@H]1CC[C@H]2C3CC=C4CC(=O)CC[C@]4(C)[C@H]3CC[C@]12C. The largest absolute Gasteiger partial charge is 0.299 e. The van der Waals surface area contributed by atoms with Gasteiger partial charge in [0.2, 0.25) is 0 Å². The van der Waals surface area contributed by atoms with Gasteiger partial charge in [-0.05, 0) is 84.9 Å². The van der Waals surface area contributed by atoms with Gasteiger partial charge >= 0.3 is 0 Å². The quantitative estimate of drug-likeness (QED) is 0.478. The Labute approximate surface area is 167 Å². The first-order valence-electron chi connectivity index (χ1n) is 12.0. The maximum Gasteiger partial charge on any atom is 0.136 e. The lowest BCUT2D eigenvalue weighted by Crippen LogP contribution is -2.50. The normalized spacial score (nSPS) is 45.1. The van der Waals surface area contributed by atoms with E-state index in [4.69, 9.17) is 0 Å². The second-order valence-corrected chi connectivity index (χ2v) is 11.7. The smallest absolute Gasteiger partial charge is 0.136 e. The molecule has 3 fully saturated rings. The van der Waals surface area contributed by atoms with Crippen LogP contribution in [0.25, 0.3) is 0 Å². The van der Waals surface area contributed by atoms with Crippen LogP contribution >= 0.6 is 0 Å². The third kappa shape index (κ3) is 3.16. The molecule has 152 valence electrons. The van der Waals surface area contributed by atoms with Crippen LogP contribution < -0.4 is 0 Å². The Morgan fingerprint density at radius 2 is 1.81 bits per heavy atom. The second-order valence-electron chi connectivity index (χ2n) is 11.7. The van der Waals surface area contributed by atoms with E-state index in [9.17, 15) is 4.79 Å². The van der Waals surface area contributed by atoms with E-state index in [0.29, 0.717) is 16.6 Å².